The van der Waals surface area contributed by atoms with Crippen molar-refractivity contribution in [3.05, 3.63) is 47.7 Å². The van der Waals surface area contributed by atoms with Crippen LogP contribution in [0.15, 0.2) is 36.5 Å². The van der Waals surface area contributed by atoms with E-state index in [9.17, 15) is 14.4 Å². The quantitative estimate of drug-likeness (QED) is 0.449. The van der Waals surface area contributed by atoms with E-state index < -0.39 is 11.9 Å². The molecule has 1 fully saturated rings. The first-order chi connectivity index (χ1) is 13.4. The van der Waals surface area contributed by atoms with Crippen molar-refractivity contribution < 1.29 is 29.3 Å². The number of carbonyl (C=O) groups is 3. The summed E-state index contributed by atoms with van der Waals surface area (Å²) in [5.74, 6) is -2.51. The number of alkyl carbamates (subject to hydrolysis) is 1. The average molecular weight is 389 g/mol. The Morgan fingerprint density at radius 1 is 1.29 bits per heavy atom. The van der Waals surface area contributed by atoms with Gasteiger partial charge in [0.2, 0.25) is 0 Å². The highest BCUT2D eigenvalue weighted by atomic mass is 16.6. The zero-order valence-electron chi connectivity index (χ0n) is 15.4. The van der Waals surface area contributed by atoms with Gasteiger partial charge in [-0.15, -0.1) is 0 Å². The van der Waals surface area contributed by atoms with E-state index in [4.69, 9.17) is 14.9 Å². The van der Waals surface area contributed by atoms with Crippen molar-refractivity contribution in [2.45, 2.75) is 18.9 Å². The molecule has 1 saturated heterocycles. The zero-order chi connectivity index (χ0) is 20.5. The second kappa shape index (κ2) is 10.1. The number of ether oxygens (including phenoxy) is 1. The number of rotatable bonds is 7. The predicted molar refractivity (Wildman–Crippen MR) is 102 cm³/mol. The van der Waals surface area contributed by atoms with E-state index in [0.29, 0.717) is 18.8 Å². The molecule has 9 heteroatoms. The number of H-pyrrole nitrogens is 1. The topological polar surface area (TPSA) is 141 Å². The first-order valence-electron chi connectivity index (χ1n) is 8.69. The van der Waals surface area contributed by atoms with Crippen molar-refractivity contribution in [3.8, 4) is 0 Å². The molecule has 1 aliphatic rings. The molecule has 0 spiro atoms. The molecule has 2 aromatic rings. The van der Waals surface area contributed by atoms with Gasteiger partial charge < -0.3 is 30.6 Å². The van der Waals surface area contributed by atoms with Gasteiger partial charge in [0.05, 0.1) is 6.04 Å². The number of aliphatic carboxylic acids is 2. The molecule has 9 nitrogen and oxygen atoms in total. The third-order valence-electron chi connectivity index (χ3n) is 4.06. The van der Waals surface area contributed by atoms with Crippen molar-refractivity contribution in [2.24, 2.45) is 0 Å². The summed E-state index contributed by atoms with van der Waals surface area (Å²) in [7, 11) is 1.96. The highest BCUT2D eigenvalue weighted by Crippen LogP contribution is 2.21. The summed E-state index contributed by atoms with van der Waals surface area (Å²) < 4.78 is 4.92. The zero-order valence-corrected chi connectivity index (χ0v) is 15.4. The van der Waals surface area contributed by atoms with E-state index in [1.165, 1.54) is 16.5 Å². The molecule has 1 aromatic carbocycles. The van der Waals surface area contributed by atoms with Gasteiger partial charge in [0, 0.05) is 29.3 Å². The minimum absolute atomic E-state index is 0.0830. The first-order valence-corrected chi connectivity index (χ1v) is 8.69. The van der Waals surface area contributed by atoms with E-state index in [0.717, 1.165) is 24.9 Å². The minimum atomic E-state index is -1.26. The standard InChI is InChI=1S/C15H19N3O2.C4H4O4/c1-16-5-4-11-8-17-14-3-2-10(7-13(11)14)6-12-9-20-15(19)18-12;5-3(6)1-2-4(7)8/h2-3,7-8,12,16-17H,4-6,9H2,1H3,(H,18,19);1-2H,(H,5,6)(H,7,8)/b;2-1-/t12-;/m0./s1. The molecule has 1 aliphatic heterocycles. The van der Waals surface area contributed by atoms with E-state index in [1.807, 2.05) is 7.05 Å². The largest absolute Gasteiger partial charge is 0.478 e. The molecule has 0 aliphatic carbocycles. The van der Waals surface area contributed by atoms with E-state index in [-0.39, 0.29) is 12.1 Å². The fraction of sp³-hybridized carbons (Fsp3) is 0.316. The molecule has 5 N–H and O–H groups in total. The Balaban J connectivity index is 0.000000300. The third kappa shape index (κ3) is 6.44. The molecular weight excluding hydrogens is 366 g/mol. The van der Waals surface area contributed by atoms with E-state index in [2.05, 4.69) is 40.0 Å². The summed E-state index contributed by atoms with van der Waals surface area (Å²) in [5.41, 5.74) is 3.70. The van der Waals surface area contributed by atoms with Crippen molar-refractivity contribution >= 4 is 28.9 Å². The first kappa shape index (κ1) is 21.0. The number of hydrogen-bond acceptors (Lipinski definition) is 5. The number of fused-ring (bicyclic) bond motifs is 1. The smallest absolute Gasteiger partial charge is 0.407 e. The summed E-state index contributed by atoms with van der Waals surface area (Å²) in [6.45, 7) is 1.42. The van der Waals surface area contributed by atoms with Crippen LogP contribution in [0.25, 0.3) is 10.9 Å². The lowest BCUT2D eigenvalue weighted by atomic mass is 10.0. The number of carboxylic acid groups (broad SMARTS) is 2. The molecule has 1 aromatic heterocycles. The van der Waals surface area contributed by atoms with Crippen LogP contribution in [0.2, 0.25) is 0 Å². The summed E-state index contributed by atoms with van der Waals surface area (Å²) in [5, 5.41) is 22.9. The van der Waals surface area contributed by atoms with Crippen LogP contribution in [0, 0.1) is 0 Å². The van der Waals surface area contributed by atoms with E-state index >= 15 is 0 Å². The minimum Gasteiger partial charge on any atom is -0.478 e. The Hall–Kier alpha value is -3.33. The van der Waals surface area contributed by atoms with Crippen LogP contribution in [0.5, 0.6) is 0 Å². The number of carbonyl (C=O) groups excluding carboxylic acids is 1. The lowest BCUT2D eigenvalue weighted by molar-refractivity contribution is -0.134. The van der Waals surface area contributed by atoms with Crippen LogP contribution in [0.4, 0.5) is 4.79 Å². The summed E-state index contributed by atoms with van der Waals surface area (Å²) in [4.78, 5) is 33.5. The Labute approximate surface area is 161 Å². The molecule has 150 valence electrons. The van der Waals surface area contributed by atoms with Crippen LogP contribution >= 0.6 is 0 Å². The third-order valence-corrected chi connectivity index (χ3v) is 4.06. The van der Waals surface area contributed by atoms with Gasteiger partial charge in [-0.1, -0.05) is 6.07 Å². The maximum absolute atomic E-state index is 11.0. The van der Waals surface area contributed by atoms with Gasteiger partial charge in [-0.05, 0) is 49.7 Å². The predicted octanol–water partition coefficient (Wildman–Crippen LogP) is 1.29. The van der Waals surface area contributed by atoms with Gasteiger partial charge in [0.1, 0.15) is 6.61 Å². The summed E-state index contributed by atoms with van der Waals surface area (Å²) in [6, 6.07) is 6.50. The number of benzene rings is 1. The number of aromatic nitrogens is 1. The maximum Gasteiger partial charge on any atom is 0.407 e. The molecule has 3 rings (SSSR count). The van der Waals surface area contributed by atoms with E-state index in [1.54, 1.807) is 0 Å². The van der Waals surface area contributed by atoms with Crippen molar-refractivity contribution in [1.82, 2.24) is 15.6 Å². The Kier molecular flexibility index (Phi) is 7.58. The molecule has 2 heterocycles. The fourth-order valence-corrected chi connectivity index (χ4v) is 2.78. The van der Waals surface area contributed by atoms with Gasteiger partial charge in [-0.25, -0.2) is 14.4 Å². The van der Waals surface area contributed by atoms with Crippen LogP contribution in [0.3, 0.4) is 0 Å². The molecule has 0 bridgehead atoms. The van der Waals surface area contributed by atoms with Crippen molar-refractivity contribution in [2.75, 3.05) is 20.2 Å². The molecule has 28 heavy (non-hydrogen) atoms. The van der Waals surface area contributed by atoms with Gasteiger partial charge in [0.15, 0.2) is 0 Å². The molecule has 0 unspecified atom stereocenters. The molecular formula is C19H23N3O6. The average Bonchev–Trinajstić information content (AvgIpc) is 3.24. The molecule has 1 atom stereocenters. The van der Waals surface area contributed by atoms with Crippen LogP contribution in [-0.2, 0) is 27.2 Å². The second-order valence-corrected chi connectivity index (χ2v) is 6.20. The number of carboxylic acids is 2. The number of nitrogens with one attached hydrogen (secondary N) is 3. The maximum atomic E-state index is 11.0. The van der Waals surface area contributed by atoms with Crippen molar-refractivity contribution in [3.63, 3.8) is 0 Å². The Morgan fingerprint density at radius 3 is 2.57 bits per heavy atom. The van der Waals surface area contributed by atoms with Crippen LogP contribution in [-0.4, -0.2) is 59.5 Å². The van der Waals surface area contributed by atoms with Gasteiger partial charge >= 0.3 is 18.0 Å². The normalized spacial score (nSPS) is 15.8. The van der Waals surface area contributed by atoms with Crippen LogP contribution in [0.1, 0.15) is 11.1 Å². The number of cyclic esters (lactones) is 1. The van der Waals surface area contributed by atoms with Gasteiger partial charge in [-0.3, -0.25) is 0 Å². The molecule has 0 saturated carbocycles. The fourth-order valence-electron chi connectivity index (χ4n) is 2.78. The van der Waals surface area contributed by atoms with Crippen molar-refractivity contribution in [1.29, 1.82) is 0 Å². The number of hydrogen-bond donors (Lipinski definition) is 5. The summed E-state index contributed by atoms with van der Waals surface area (Å²) >= 11 is 0. The van der Waals surface area contributed by atoms with Crippen LogP contribution < -0.4 is 10.6 Å². The Morgan fingerprint density at radius 2 is 2.00 bits per heavy atom. The second-order valence-electron chi connectivity index (χ2n) is 6.20. The number of amides is 1. The highest BCUT2D eigenvalue weighted by molar-refractivity contribution is 5.89. The van der Waals surface area contributed by atoms with Gasteiger partial charge in [-0.2, -0.15) is 0 Å². The summed E-state index contributed by atoms with van der Waals surface area (Å²) in [6.07, 6.45) is 4.69. The lowest BCUT2D eigenvalue weighted by Crippen LogP contribution is -2.28. The molecule has 1 amide bonds. The molecule has 0 radical (unpaired) electrons. The Bertz CT molecular complexity index is 858. The van der Waals surface area contributed by atoms with Gasteiger partial charge in [0.25, 0.3) is 0 Å². The monoisotopic (exact) mass is 389 g/mol. The highest BCUT2D eigenvalue weighted by Gasteiger charge is 2.22. The number of aromatic amines is 1. The SMILES string of the molecule is CNCCc1c[nH]c2ccc(C[C@H]3COC(=O)N3)cc12.O=C(O)/C=C\C(=O)O. The number of likely N-dealkylation sites (N-methyl/N-ethyl adjacent to an activating group) is 1. The lowest BCUT2D eigenvalue weighted by Gasteiger charge is -2.08.